The lowest BCUT2D eigenvalue weighted by Crippen LogP contribution is -2.29. The number of nitrogens with one attached hydrogen (secondary N) is 1. The Morgan fingerprint density at radius 2 is 2.03 bits per heavy atom. The van der Waals surface area contributed by atoms with E-state index < -0.39 is 7.04 Å². The third-order valence-corrected chi connectivity index (χ3v) is 5.32. The van der Waals surface area contributed by atoms with E-state index in [4.69, 9.17) is 20.1 Å². The van der Waals surface area contributed by atoms with Crippen LogP contribution in [0.15, 0.2) is 54.8 Å². The zero-order valence-electron chi connectivity index (χ0n) is 26.0. The smallest absolute Gasteiger partial charge is 0.227 e. The number of hydrogen-bond donors (Lipinski definition) is 2. The average Bonchev–Trinajstić information content (AvgIpc) is 3.22. The standard InChI is InChI=1S/C25H31N7O/c1-30(2)12-13-31(3)23-15-24(33-5)21(14-19(23)26)29-25-27-11-10-20(28-25)18-16-32(4)22-9-7-6-8-17(18)22/h6-11,14-16H,12-13,26H2,1-5H3,(H,27,28,29)/i5D3,6D,7D,8D,9D. The summed E-state index contributed by atoms with van der Waals surface area (Å²) in [6.45, 7) is 1.40. The van der Waals surface area contributed by atoms with Crippen molar-refractivity contribution in [2.24, 2.45) is 7.05 Å². The predicted molar refractivity (Wildman–Crippen MR) is 136 cm³/mol. The van der Waals surface area contributed by atoms with Gasteiger partial charge in [-0.25, -0.2) is 9.97 Å². The summed E-state index contributed by atoms with van der Waals surface area (Å²) in [7, 11) is 4.74. The highest BCUT2D eigenvalue weighted by molar-refractivity contribution is 5.95. The average molecular weight is 453 g/mol. The number of anilines is 4. The van der Waals surface area contributed by atoms with Crippen LogP contribution in [0, 0.1) is 0 Å². The molecule has 2 heterocycles. The van der Waals surface area contributed by atoms with Crippen LogP contribution in [-0.2, 0) is 7.05 Å². The van der Waals surface area contributed by atoms with E-state index in [9.17, 15) is 0 Å². The van der Waals surface area contributed by atoms with Gasteiger partial charge in [-0.1, -0.05) is 18.1 Å². The Hall–Kier alpha value is -3.78. The van der Waals surface area contributed by atoms with Gasteiger partial charge in [0, 0.05) is 62.1 Å². The van der Waals surface area contributed by atoms with E-state index in [0.29, 0.717) is 40.1 Å². The van der Waals surface area contributed by atoms with Gasteiger partial charge in [-0.05, 0) is 32.3 Å². The van der Waals surface area contributed by atoms with Gasteiger partial charge < -0.3 is 30.2 Å². The summed E-state index contributed by atoms with van der Waals surface area (Å²) >= 11 is 0. The lowest BCUT2D eigenvalue weighted by molar-refractivity contribution is 0.413. The first-order valence-electron chi connectivity index (χ1n) is 13.8. The maximum atomic E-state index is 8.45. The molecular weight excluding hydrogens is 414 g/mol. The van der Waals surface area contributed by atoms with Gasteiger partial charge >= 0.3 is 0 Å². The van der Waals surface area contributed by atoms with E-state index >= 15 is 0 Å². The van der Waals surface area contributed by atoms with Gasteiger partial charge in [0.15, 0.2) is 0 Å². The third-order valence-electron chi connectivity index (χ3n) is 5.32. The van der Waals surface area contributed by atoms with Crippen LogP contribution in [0.2, 0.25) is 0 Å². The summed E-state index contributed by atoms with van der Waals surface area (Å²) in [4.78, 5) is 12.7. The Balaban J connectivity index is 1.76. The highest BCUT2D eigenvalue weighted by Crippen LogP contribution is 2.36. The molecule has 0 spiro atoms. The summed E-state index contributed by atoms with van der Waals surface area (Å²) in [6.07, 6.45) is 3.18. The highest BCUT2D eigenvalue weighted by Gasteiger charge is 2.15. The summed E-state index contributed by atoms with van der Waals surface area (Å²) in [5, 5.41) is 3.33. The summed E-state index contributed by atoms with van der Waals surface area (Å²) < 4.78 is 62.8. The van der Waals surface area contributed by atoms with Crippen molar-refractivity contribution in [1.82, 2.24) is 19.4 Å². The molecule has 0 aliphatic rings. The monoisotopic (exact) mass is 452 g/mol. The molecule has 0 unspecified atom stereocenters. The molecule has 8 nitrogen and oxygen atoms in total. The molecule has 8 heteroatoms. The number of rotatable bonds is 8. The number of methoxy groups -OCH3 is 1. The van der Waals surface area contributed by atoms with Gasteiger partial charge in [-0.3, -0.25) is 0 Å². The van der Waals surface area contributed by atoms with Crippen molar-refractivity contribution < 1.29 is 14.3 Å². The van der Waals surface area contributed by atoms with Crippen LogP contribution in [0.1, 0.15) is 9.60 Å². The molecule has 0 amide bonds. The molecule has 0 fully saturated rings. The molecule has 0 bridgehead atoms. The first-order valence-corrected chi connectivity index (χ1v) is 10.3. The van der Waals surface area contributed by atoms with Crippen molar-refractivity contribution in [3.05, 3.63) is 54.8 Å². The molecule has 4 rings (SSSR count). The van der Waals surface area contributed by atoms with E-state index in [1.165, 1.54) is 6.20 Å². The minimum Gasteiger partial charge on any atom is -0.494 e. The Morgan fingerprint density at radius 3 is 2.82 bits per heavy atom. The second-order valence-electron chi connectivity index (χ2n) is 8.00. The molecule has 0 atom stereocenters. The topological polar surface area (TPSA) is 84.5 Å². The maximum Gasteiger partial charge on any atom is 0.227 e. The molecule has 0 aliphatic carbocycles. The third kappa shape index (κ3) is 4.70. The normalized spacial score (nSPS) is 14.6. The van der Waals surface area contributed by atoms with E-state index in [1.54, 1.807) is 36.0 Å². The van der Waals surface area contributed by atoms with Crippen molar-refractivity contribution in [2.45, 2.75) is 0 Å². The second-order valence-corrected chi connectivity index (χ2v) is 8.00. The fourth-order valence-corrected chi connectivity index (χ4v) is 3.54. The number of nitrogen functional groups attached to an aromatic ring is 1. The van der Waals surface area contributed by atoms with E-state index in [2.05, 4.69) is 15.3 Å². The second kappa shape index (κ2) is 9.38. The number of aromatic nitrogens is 3. The summed E-state index contributed by atoms with van der Waals surface area (Å²) in [6, 6.07) is 3.78. The summed E-state index contributed by atoms with van der Waals surface area (Å²) in [5.74, 6) is 0.146. The molecule has 0 saturated carbocycles. The van der Waals surface area contributed by atoms with Crippen molar-refractivity contribution in [1.29, 1.82) is 0 Å². The van der Waals surface area contributed by atoms with Crippen molar-refractivity contribution in [3.8, 4) is 17.0 Å². The van der Waals surface area contributed by atoms with Gasteiger partial charge in [0.1, 0.15) is 5.75 Å². The fourth-order valence-electron chi connectivity index (χ4n) is 3.54. The minimum absolute atomic E-state index is 0.0363. The molecular formula is C25H31N7O. The largest absolute Gasteiger partial charge is 0.494 e. The van der Waals surface area contributed by atoms with Crippen molar-refractivity contribution in [2.75, 3.05) is 57.2 Å². The highest BCUT2D eigenvalue weighted by atomic mass is 16.5. The van der Waals surface area contributed by atoms with Crippen LogP contribution < -0.4 is 20.7 Å². The van der Waals surface area contributed by atoms with Crippen LogP contribution in [0.4, 0.5) is 23.0 Å². The number of fused-ring (bicyclic) bond motifs is 1. The molecule has 2 aromatic heterocycles. The quantitative estimate of drug-likeness (QED) is 0.391. The van der Waals surface area contributed by atoms with Crippen LogP contribution in [-0.4, -0.2) is 60.7 Å². The molecule has 33 heavy (non-hydrogen) atoms. The number of ether oxygens (including phenoxy) is 1. The number of nitrogens with zero attached hydrogens (tertiary/aromatic N) is 5. The van der Waals surface area contributed by atoms with Gasteiger partial charge in [0.25, 0.3) is 0 Å². The Morgan fingerprint density at radius 1 is 1.21 bits per heavy atom. The van der Waals surface area contributed by atoms with Crippen LogP contribution >= 0.6 is 0 Å². The Labute approximate surface area is 204 Å². The number of likely N-dealkylation sites (N-methyl/N-ethyl adjacent to an activating group) is 2. The fraction of sp³-hybridized carbons (Fsp3) is 0.280. The number of benzene rings is 2. The number of para-hydroxylation sites is 1. The molecule has 172 valence electrons. The zero-order chi connectivity index (χ0) is 29.5. The number of hydrogen-bond acceptors (Lipinski definition) is 7. The van der Waals surface area contributed by atoms with Gasteiger partial charge in [-0.15, -0.1) is 0 Å². The van der Waals surface area contributed by atoms with Crippen molar-refractivity contribution in [3.63, 3.8) is 0 Å². The van der Waals surface area contributed by atoms with Crippen LogP contribution in [0.3, 0.4) is 0 Å². The number of nitrogens with two attached hydrogens (primary N) is 1. The van der Waals surface area contributed by atoms with E-state index in [1.807, 2.05) is 30.9 Å². The van der Waals surface area contributed by atoms with Crippen LogP contribution in [0.25, 0.3) is 22.2 Å². The van der Waals surface area contributed by atoms with Gasteiger partial charge in [-0.2, -0.15) is 0 Å². The predicted octanol–water partition coefficient (Wildman–Crippen LogP) is 3.97. The van der Waals surface area contributed by atoms with Gasteiger partial charge in [0.2, 0.25) is 5.95 Å². The SMILES string of the molecule is [2H]c1c([2H])c([2H])c2c(c(-c3ccnc(Nc4cc(N)c(N(C)CCN(C)C)cc4OC([2H])([2H])[2H])n3)cn2C)c1[2H]. The maximum absolute atomic E-state index is 8.45. The molecule has 2 aromatic carbocycles. The molecule has 0 aliphatic heterocycles. The van der Waals surface area contributed by atoms with E-state index in [0.717, 1.165) is 6.54 Å². The first kappa shape index (κ1) is 15.1. The Bertz CT molecular complexity index is 1570. The lowest BCUT2D eigenvalue weighted by atomic mass is 10.1. The molecule has 0 radical (unpaired) electrons. The first-order chi connectivity index (χ1) is 18.7. The minimum atomic E-state index is -2.72. The molecule has 3 N–H and O–H groups in total. The zero-order valence-corrected chi connectivity index (χ0v) is 19.0. The number of aryl methyl sites for hydroxylation is 1. The molecule has 0 saturated heterocycles. The Kier molecular flexibility index (Phi) is 4.30. The van der Waals surface area contributed by atoms with Gasteiger partial charge in [0.05, 0.1) is 39.4 Å². The lowest BCUT2D eigenvalue weighted by Gasteiger charge is -2.24. The van der Waals surface area contributed by atoms with Crippen LogP contribution in [0.5, 0.6) is 5.75 Å². The van der Waals surface area contributed by atoms with Crippen molar-refractivity contribution >= 4 is 33.9 Å². The van der Waals surface area contributed by atoms with E-state index in [-0.39, 0.29) is 41.6 Å². The summed E-state index contributed by atoms with van der Waals surface area (Å²) in [5.41, 5.74) is 8.84. The molecule has 4 aromatic rings.